The summed E-state index contributed by atoms with van der Waals surface area (Å²) in [5.74, 6) is -0.179. The summed E-state index contributed by atoms with van der Waals surface area (Å²) in [6.07, 6.45) is 0.712. The molecule has 0 aliphatic rings. The lowest BCUT2D eigenvalue weighted by Crippen LogP contribution is -2.44. The van der Waals surface area contributed by atoms with E-state index in [1.807, 2.05) is 30.3 Å². The molecular formula is C19H32O4Si. The van der Waals surface area contributed by atoms with E-state index in [9.17, 15) is 4.79 Å². The van der Waals surface area contributed by atoms with Gasteiger partial charge in [0.1, 0.15) is 6.61 Å². The number of rotatable bonds is 10. The fourth-order valence-electron chi connectivity index (χ4n) is 2.09. The molecule has 0 fully saturated rings. The van der Waals surface area contributed by atoms with Gasteiger partial charge in [-0.3, -0.25) is 4.79 Å². The van der Waals surface area contributed by atoms with Gasteiger partial charge >= 0.3 is 0 Å². The van der Waals surface area contributed by atoms with E-state index in [0.29, 0.717) is 19.6 Å². The zero-order valence-electron chi connectivity index (χ0n) is 15.7. The van der Waals surface area contributed by atoms with Crippen molar-refractivity contribution in [3.63, 3.8) is 0 Å². The molecule has 136 valence electrons. The number of aliphatic hydroxyl groups is 1. The van der Waals surface area contributed by atoms with Crippen molar-refractivity contribution in [1.29, 1.82) is 0 Å². The van der Waals surface area contributed by atoms with Crippen LogP contribution >= 0.6 is 0 Å². The van der Waals surface area contributed by atoms with Crippen LogP contribution in [-0.4, -0.2) is 38.5 Å². The van der Waals surface area contributed by atoms with E-state index in [1.54, 1.807) is 0 Å². The predicted molar refractivity (Wildman–Crippen MR) is 99.5 cm³/mol. The molecule has 0 spiro atoms. The van der Waals surface area contributed by atoms with Crippen LogP contribution in [0.2, 0.25) is 18.1 Å². The first kappa shape index (κ1) is 21.0. The summed E-state index contributed by atoms with van der Waals surface area (Å²) < 4.78 is 12.1. The average molecular weight is 353 g/mol. The Balaban J connectivity index is 2.54. The van der Waals surface area contributed by atoms with Gasteiger partial charge in [-0.15, -0.1) is 0 Å². The Hall–Kier alpha value is -1.01. The predicted octanol–water partition coefficient (Wildman–Crippen LogP) is 3.94. The third kappa shape index (κ3) is 7.26. The highest BCUT2D eigenvalue weighted by atomic mass is 28.4. The summed E-state index contributed by atoms with van der Waals surface area (Å²) in [4.78, 5) is 11.7. The Labute approximate surface area is 147 Å². The van der Waals surface area contributed by atoms with Gasteiger partial charge in [0.05, 0.1) is 12.7 Å². The van der Waals surface area contributed by atoms with Crippen LogP contribution < -0.4 is 0 Å². The molecule has 5 heteroatoms. The fraction of sp³-hybridized carbons (Fsp3) is 0.632. The molecule has 0 saturated heterocycles. The number of carbonyl (C=O) groups excluding carboxylic acids is 1. The summed E-state index contributed by atoms with van der Waals surface area (Å²) in [6.45, 7) is 11.5. The lowest BCUT2D eigenvalue weighted by Gasteiger charge is -2.39. The molecule has 0 aliphatic heterocycles. The van der Waals surface area contributed by atoms with Gasteiger partial charge in [-0.1, -0.05) is 51.1 Å². The van der Waals surface area contributed by atoms with Crippen molar-refractivity contribution in [1.82, 2.24) is 0 Å². The topological polar surface area (TPSA) is 55.8 Å². The lowest BCUT2D eigenvalue weighted by atomic mass is 10.1. The molecule has 1 rings (SSSR count). The maximum atomic E-state index is 11.7. The Bertz CT molecular complexity index is 494. The molecule has 24 heavy (non-hydrogen) atoms. The third-order valence-corrected chi connectivity index (χ3v) is 9.13. The monoisotopic (exact) mass is 352 g/mol. The molecule has 0 aromatic heterocycles. The molecule has 0 amide bonds. The van der Waals surface area contributed by atoms with Gasteiger partial charge in [0.2, 0.25) is 0 Å². The average Bonchev–Trinajstić information content (AvgIpc) is 2.50. The zero-order chi connectivity index (χ0) is 18.2. The molecule has 0 radical (unpaired) electrons. The minimum absolute atomic E-state index is 0.0818. The van der Waals surface area contributed by atoms with Crippen molar-refractivity contribution in [3.8, 4) is 0 Å². The quantitative estimate of drug-likeness (QED) is 0.512. The van der Waals surface area contributed by atoms with Crippen molar-refractivity contribution in [2.24, 2.45) is 0 Å². The van der Waals surface area contributed by atoms with Crippen LogP contribution in [0.1, 0.15) is 39.2 Å². The minimum atomic E-state index is -1.96. The van der Waals surface area contributed by atoms with Gasteiger partial charge in [-0.05, 0) is 30.1 Å². The lowest BCUT2D eigenvalue weighted by molar-refractivity contribution is -0.123. The molecule has 0 saturated carbocycles. The van der Waals surface area contributed by atoms with Crippen LogP contribution in [0.15, 0.2) is 30.3 Å². The summed E-state index contributed by atoms with van der Waals surface area (Å²) in [6, 6.07) is 10.0. The van der Waals surface area contributed by atoms with Crippen LogP contribution in [0, 0.1) is 0 Å². The van der Waals surface area contributed by atoms with Crippen LogP contribution in [-0.2, 0) is 20.6 Å². The summed E-state index contributed by atoms with van der Waals surface area (Å²) in [7, 11) is -1.96. The number of hydrogen-bond donors (Lipinski definition) is 1. The van der Waals surface area contributed by atoms with Gasteiger partial charge in [-0.25, -0.2) is 0 Å². The van der Waals surface area contributed by atoms with Crippen LogP contribution in [0.25, 0.3) is 0 Å². The highest BCUT2D eigenvalue weighted by molar-refractivity contribution is 6.74. The number of benzene rings is 1. The summed E-state index contributed by atoms with van der Waals surface area (Å²) >= 11 is 0. The number of ether oxygens (including phenoxy) is 1. The van der Waals surface area contributed by atoms with Gasteiger partial charge in [0.15, 0.2) is 14.1 Å². The first-order chi connectivity index (χ1) is 11.2. The van der Waals surface area contributed by atoms with Gasteiger partial charge in [-0.2, -0.15) is 0 Å². The second-order valence-electron chi connectivity index (χ2n) is 7.73. The SMILES string of the molecule is CC(C)(C)[Si](C)(C)OC(CCOCc1ccccc1)CC(=O)CO. The maximum Gasteiger partial charge on any atom is 0.192 e. The molecule has 1 aromatic carbocycles. The molecule has 0 aliphatic carbocycles. The molecule has 0 bridgehead atoms. The molecule has 0 heterocycles. The molecule has 1 aromatic rings. The number of carbonyl (C=O) groups is 1. The Morgan fingerprint density at radius 1 is 1.21 bits per heavy atom. The Morgan fingerprint density at radius 3 is 2.38 bits per heavy atom. The zero-order valence-corrected chi connectivity index (χ0v) is 16.7. The Kier molecular flexibility index (Phi) is 8.29. The van der Waals surface area contributed by atoms with Crippen LogP contribution in [0.4, 0.5) is 0 Å². The third-order valence-electron chi connectivity index (χ3n) is 4.59. The van der Waals surface area contributed by atoms with E-state index in [4.69, 9.17) is 14.3 Å². The van der Waals surface area contributed by atoms with Crippen LogP contribution in [0.5, 0.6) is 0 Å². The number of ketones is 1. The highest BCUT2D eigenvalue weighted by Crippen LogP contribution is 2.38. The highest BCUT2D eigenvalue weighted by Gasteiger charge is 2.39. The van der Waals surface area contributed by atoms with E-state index in [-0.39, 0.29) is 23.3 Å². The molecule has 4 nitrogen and oxygen atoms in total. The maximum absolute atomic E-state index is 11.7. The van der Waals surface area contributed by atoms with E-state index >= 15 is 0 Å². The van der Waals surface area contributed by atoms with Gasteiger partial charge in [0, 0.05) is 13.0 Å². The summed E-state index contributed by atoms with van der Waals surface area (Å²) in [5.41, 5.74) is 1.13. The first-order valence-corrected chi connectivity index (χ1v) is 11.5. The van der Waals surface area contributed by atoms with E-state index in [0.717, 1.165) is 5.56 Å². The van der Waals surface area contributed by atoms with Crippen molar-refractivity contribution in [2.75, 3.05) is 13.2 Å². The van der Waals surface area contributed by atoms with Crippen molar-refractivity contribution >= 4 is 14.1 Å². The molecule has 1 unspecified atom stereocenters. The van der Waals surface area contributed by atoms with Crippen molar-refractivity contribution in [3.05, 3.63) is 35.9 Å². The molecule has 1 atom stereocenters. The van der Waals surface area contributed by atoms with Crippen molar-refractivity contribution in [2.45, 2.75) is 64.5 Å². The van der Waals surface area contributed by atoms with Gasteiger partial charge in [0.25, 0.3) is 0 Å². The largest absolute Gasteiger partial charge is 0.413 e. The fourth-order valence-corrected chi connectivity index (χ4v) is 3.48. The number of hydrogen-bond acceptors (Lipinski definition) is 4. The normalized spacial score (nSPS) is 13.8. The van der Waals surface area contributed by atoms with Gasteiger partial charge < -0.3 is 14.3 Å². The van der Waals surface area contributed by atoms with E-state index < -0.39 is 14.9 Å². The second kappa shape index (κ2) is 9.46. The standard InChI is InChI=1S/C19H32O4Si/c1-19(2,3)24(4,5)23-18(13-17(21)14-20)11-12-22-15-16-9-7-6-8-10-16/h6-10,18,20H,11-15H2,1-5H3. The second-order valence-corrected chi connectivity index (χ2v) is 12.5. The summed E-state index contributed by atoms with van der Waals surface area (Å²) in [5, 5.41) is 9.12. The molecule has 1 N–H and O–H groups in total. The van der Waals surface area contributed by atoms with E-state index in [1.165, 1.54) is 0 Å². The minimum Gasteiger partial charge on any atom is -0.413 e. The number of aliphatic hydroxyl groups excluding tert-OH is 1. The van der Waals surface area contributed by atoms with E-state index in [2.05, 4.69) is 33.9 Å². The van der Waals surface area contributed by atoms with Crippen molar-refractivity contribution < 1.29 is 19.1 Å². The number of Topliss-reactive ketones (excluding diaryl/α,β-unsaturated/α-hetero) is 1. The smallest absolute Gasteiger partial charge is 0.192 e. The Morgan fingerprint density at radius 2 is 1.83 bits per heavy atom. The molecular weight excluding hydrogens is 320 g/mol. The first-order valence-electron chi connectivity index (χ1n) is 8.58. The van der Waals surface area contributed by atoms with Crippen LogP contribution in [0.3, 0.4) is 0 Å².